The van der Waals surface area contributed by atoms with Crippen molar-refractivity contribution in [3.05, 3.63) is 11.8 Å². The molecule has 4 heteroatoms. The fraction of sp³-hybridized carbons (Fsp3) is 0.500. The lowest BCUT2D eigenvalue weighted by molar-refractivity contribution is 0.169. The second-order valence-corrected chi connectivity index (χ2v) is 2.17. The number of aromatic nitrogens is 2. The number of nitrogens with one attached hydrogen (secondary N) is 1. The summed E-state index contributed by atoms with van der Waals surface area (Å²) in [5.41, 5.74) is 5.95. The lowest BCUT2D eigenvalue weighted by Crippen LogP contribution is -1.94. The fourth-order valence-corrected chi connectivity index (χ4v) is 0.733. The van der Waals surface area contributed by atoms with E-state index in [1.165, 1.54) is 0 Å². The van der Waals surface area contributed by atoms with Crippen molar-refractivity contribution in [1.82, 2.24) is 10.2 Å². The summed E-state index contributed by atoms with van der Waals surface area (Å²) in [6.07, 6.45) is 0.165. The van der Waals surface area contributed by atoms with Gasteiger partial charge in [0, 0.05) is 6.07 Å². The third-order valence-corrected chi connectivity index (χ3v) is 1.35. The van der Waals surface area contributed by atoms with Crippen LogP contribution in [0.2, 0.25) is 0 Å². The zero-order chi connectivity index (χ0) is 7.56. The standard InChI is InChI=1S/C6H11N3O/c1-2-5(10)4-3-6(7)9-8-4/h3,5,10H,2H2,1H3,(H3,7,8,9). The molecular weight excluding hydrogens is 130 g/mol. The summed E-state index contributed by atoms with van der Waals surface area (Å²) in [5, 5.41) is 15.5. The molecule has 4 nitrogen and oxygen atoms in total. The van der Waals surface area contributed by atoms with E-state index in [1.807, 2.05) is 6.92 Å². The van der Waals surface area contributed by atoms with Crippen LogP contribution in [0.15, 0.2) is 6.07 Å². The van der Waals surface area contributed by atoms with Crippen molar-refractivity contribution in [2.24, 2.45) is 0 Å². The van der Waals surface area contributed by atoms with E-state index in [0.29, 0.717) is 17.9 Å². The molecule has 1 unspecified atom stereocenters. The predicted octanol–water partition coefficient (Wildman–Crippen LogP) is 0.435. The van der Waals surface area contributed by atoms with E-state index in [9.17, 15) is 5.11 Å². The number of H-pyrrole nitrogens is 1. The molecule has 0 aliphatic carbocycles. The van der Waals surface area contributed by atoms with E-state index in [-0.39, 0.29) is 0 Å². The molecule has 1 aromatic heterocycles. The third kappa shape index (κ3) is 1.27. The monoisotopic (exact) mass is 141 g/mol. The summed E-state index contributed by atoms with van der Waals surface area (Å²) in [5.74, 6) is 0.488. The summed E-state index contributed by atoms with van der Waals surface area (Å²) < 4.78 is 0. The Hall–Kier alpha value is -1.03. The van der Waals surface area contributed by atoms with E-state index >= 15 is 0 Å². The topological polar surface area (TPSA) is 74.9 Å². The molecule has 0 amide bonds. The van der Waals surface area contributed by atoms with E-state index < -0.39 is 6.10 Å². The number of aromatic amines is 1. The average Bonchev–Trinajstić information content (AvgIpc) is 2.34. The van der Waals surface area contributed by atoms with Crippen LogP contribution in [0.25, 0.3) is 0 Å². The quantitative estimate of drug-likeness (QED) is 0.559. The van der Waals surface area contributed by atoms with Gasteiger partial charge in [-0.3, -0.25) is 5.10 Å². The van der Waals surface area contributed by atoms with Crippen molar-refractivity contribution in [3.8, 4) is 0 Å². The van der Waals surface area contributed by atoms with Gasteiger partial charge in [-0.2, -0.15) is 5.10 Å². The first-order valence-corrected chi connectivity index (χ1v) is 3.23. The van der Waals surface area contributed by atoms with Crippen LogP contribution in [0.3, 0.4) is 0 Å². The van der Waals surface area contributed by atoms with Crippen LogP contribution in [0.5, 0.6) is 0 Å². The third-order valence-electron chi connectivity index (χ3n) is 1.35. The highest BCUT2D eigenvalue weighted by Gasteiger charge is 2.06. The number of nitrogens with zero attached hydrogens (tertiary/aromatic N) is 1. The van der Waals surface area contributed by atoms with Crippen LogP contribution in [0.4, 0.5) is 5.82 Å². The summed E-state index contributed by atoms with van der Waals surface area (Å²) >= 11 is 0. The molecule has 1 atom stereocenters. The second-order valence-electron chi connectivity index (χ2n) is 2.17. The molecule has 4 N–H and O–H groups in total. The van der Waals surface area contributed by atoms with Gasteiger partial charge in [-0.1, -0.05) is 6.92 Å². The minimum atomic E-state index is -0.492. The maximum Gasteiger partial charge on any atom is 0.119 e. The Morgan fingerprint density at radius 2 is 2.60 bits per heavy atom. The first-order chi connectivity index (χ1) is 4.74. The minimum Gasteiger partial charge on any atom is -0.387 e. The van der Waals surface area contributed by atoms with Crippen LogP contribution in [0.1, 0.15) is 25.1 Å². The molecule has 0 aliphatic rings. The molecule has 56 valence electrons. The van der Waals surface area contributed by atoms with Gasteiger partial charge in [-0.05, 0) is 6.42 Å². The van der Waals surface area contributed by atoms with Gasteiger partial charge in [0.1, 0.15) is 5.82 Å². The van der Waals surface area contributed by atoms with Crippen molar-refractivity contribution in [2.75, 3.05) is 5.73 Å². The highest BCUT2D eigenvalue weighted by atomic mass is 16.3. The molecule has 1 heterocycles. The Kier molecular flexibility index (Phi) is 1.91. The summed E-state index contributed by atoms with van der Waals surface area (Å²) in [6, 6.07) is 1.63. The highest BCUT2D eigenvalue weighted by Crippen LogP contribution is 2.14. The minimum absolute atomic E-state index is 0.488. The molecule has 1 aromatic rings. The number of hydrogen-bond acceptors (Lipinski definition) is 3. The molecule has 0 radical (unpaired) electrons. The van der Waals surface area contributed by atoms with Crippen molar-refractivity contribution in [3.63, 3.8) is 0 Å². The SMILES string of the molecule is CCC(O)c1cc(N)[nH]n1. The first kappa shape index (κ1) is 7.08. The highest BCUT2D eigenvalue weighted by molar-refractivity contribution is 5.29. The number of aliphatic hydroxyl groups is 1. The molecule has 1 rings (SSSR count). The molecule has 10 heavy (non-hydrogen) atoms. The van der Waals surface area contributed by atoms with Gasteiger partial charge < -0.3 is 10.8 Å². The number of anilines is 1. The van der Waals surface area contributed by atoms with Gasteiger partial charge in [-0.25, -0.2) is 0 Å². The molecular formula is C6H11N3O. The maximum absolute atomic E-state index is 9.20. The van der Waals surface area contributed by atoms with Crippen molar-refractivity contribution in [2.45, 2.75) is 19.4 Å². The lowest BCUT2D eigenvalue weighted by atomic mass is 10.2. The average molecular weight is 141 g/mol. The van der Waals surface area contributed by atoms with Gasteiger partial charge in [0.2, 0.25) is 0 Å². The normalized spacial score (nSPS) is 13.4. The van der Waals surface area contributed by atoms with Gasteiger partial charge in [-0.15, -0.1) is 0 Å². The Balaban J connectivity index is 2.74. The van der Waals surface area contributed by atoms with Crippen LogP contribution >= 0.6 is 0 Å². The Morgan fingerprint density at radius 3 is 3.00 bits per heavy atom. The Morgan fingerprint density at radius 1 is 1.90 bits per heavy atom. The van der Waals surface area contributed by atoms with Gasteiger partial charge in [0.15, 0.2) is 0 Å². The van der Waals surface area contributed by atoms with E-state index in [4.69, 9.17) is 5.73 Å². The zero-order valence-electron chi connectivity index (χ0n) is 5.83. The van der Waals surface area contributed by atoms with E-state index in [0.717, 1.165) is 0 Å². The van der Waals surface area contributed by atoms with Crippen molar-refractivity contribution in [1.29, 1.82) is 0 Å². The fourth-order valence-electron chi connectivity index (χ4n) is 0.733. The molecule has 0 fully saturated rings. The molecule has 0 aliphatic heterocycles. The first-order valence-electron chi connectivity index (χ1n) is 3.23. The molecule has 0 aromatic carbocycles. The zero-order valence-corrected chi connectivity index (χ0v) is 5.83. The van der Waals surface area contributed by atoms with Gasteiger partial charge >= 0.3 is 0 Å². The summed E-state index contributed by atoms with van der Waals surface area (Å²) in [6.45, 7) is 1.88. The number of rotatable bonds is 2. The smallest absolute Gasteiger partial charge is 0.119 e. The molecule has 0 bridgehead atoms. The lowest BCUT2D eigenvalue weighted by Gasteiger charge is -2.00. The molecule has 0 spiro atoms. The van der Waals surface area contributed by atoms with E-state index in [2.05, 4.69) is 10.2 Å². The number of hydrogen-bond donors (Lipinski definition) is 3. The van der Waals surface area contributed by atoms with Crippen LogP contribution in [-0.4, -0.2) is 15.3 Å². The van der Waals surface area contributed by atoms with E-state index in [1.54, 1.807) is 6.07 Å². The van der Waals surface area contributed by atoms with Crippen molar-refractivity contribution >= 4 is 5.82 Å². The predicted molar refractivity (Wildman–Crippen MR) is 38.3 cm³/mol. The Bertz CT molecular complexity index is 209. The molecule has 0 saturated heterocycles. The second kappa shape index (κ2) is 2.70. The summed E-state index contributed by atoms with van der Waals surface area (Å²) in [4.78, 5) is 0. The Labute approximate surface area is 59.1 Å². The van der Waals surface area contributed by atoms with Gasteiger partial charge in [0.05, 0.1) is 11.8 Å². The van der Waals surface area contributed by atoms with Gasteiger partial charge in [0.25, 0.3) is 0 Å². The maximum atomic E-state index is 9.20. The molecule has 0 saturated carbocycles. The van der Waals surface area contributed by atoms with Crippen LogP contribution in [-0.2, 0) is 0 Å². The number of nitrogen functional groups attached to an aromatic ring is 1. The number of aliphatic hydroxyl groups excluding tert-OH is 1. The largest absolute Gasteiger partial charge is 0.387 e. The van der Waals surface area contributed by atoms with Crippen molar-refractivity contribution < 1.29 is 5.11 Å². The van der Waals surface area contributed by atoms with Crippen LogP contribution < -0.4 is 5.73 Å². The summed E-state index contributed by atoms with van der Waals surface area (Å²) in [7, 11) is 0. The number of nitrogens with two attached hydrogens (primary N) is 1. The van der Waals surface area contributed by atoms with Crippen LogP contribution in [0, 0.1) is 0 Å².